The van der Waals surface area contributed by atoms with Crippen LogP contribution in [0, 0.1) is 0 Å². The molecular formula is C47H41BN3Si. The van der Waals surface area contributed by atoms with E-state index >= 15 is 0 Å². The molecule has 8 rings (SSSR count). The van der Waals surface area contributed by atoms with E-state index in [1.54, 1.807) is 0 Å². The van der Waals surface area contributed by atoms with Gasteiger partial charge in [0.1, 0.15) is 5.82 Å². The predicted molar refractivity (Wildman–Crippen MR) is 221 cm³/mol. The molecule has 1 saturated heterocycles. The molecule has 0 amide bonds. The summed E-state index contributed by atoms with van der Waals surface area (Å²) in [5.41, 5.74) is 13.6. The smallest absolute Gasteiger partial charge is 0.347 e. The molecular weight excluding hydrogens is 645 g/mol. The maximum atomic E-state index is 5.34. The van der Waals surface area contributed by atoms with Gasteiger partial charge in [0.05, 0.1) is 12.1 Å². The SMILES string of the molecule is CCc1cccc(CC)c1N1B([Si])N(c2ccc(-c3c(-c4ccccc4)cccc3-c3ccccc3)cn2)[C@@H](c2ccccc2)[C@@H]1c1ccccc1. The fourth-order valence-electron chi connectivity index (χ4n) is 8.07. The van der Waals surface area contributed by atoms with Crippen LogP contribution in [0.15, 0.2) is 176 Å². The van der Waals surface area contributed by atoms with Crippen LogP contribution in [-0.4, -0.2) is 21.7 Å². The first-order valence-electron chi connectivity index (χ1n) is 18.4. The van der Waals surface area contributed by atoms with Gasteiger partial charge in [-0.15, -0.1) is 0 Å². The molecule has 3 nitrogen and oxygen atoms in total. The average molecular weight is 687 g/mol. The van der Waals surface area contributed by atoms with Crippen molar-refractivity contribution in [3.63, 3.8) is 0 Å². The van der Waals surface area contributed by atoms with Gasteiger partial charge in [0, 0.05) is 27.6 Å². The molecule has 1 aromatic heterocycles. The van der Waals surface area contributed by atoms with Crippen molar-refractivity contribution in [1.82, 2.24) is 4.98 Å². The van der Waals surface area contributed by atoms with E-state index in [4.69, 9.17) is 4.98 Å². The third-order valence-corrected chi connectivity index (χ3v) is 11.0. The summed E-state index contributed by atoms with van der Waals surface area (Å²) in [5.74, 6) is 0.923. The van der Waals surface area contributed by atoms with E-state index in [0.717, 1.165) is 24.2 Å². The van der Waals surface area contributed by atoms with Crippen molar-refractivity contribution in [1.29, 1.82) is 0 Å². The third kappa shape index (κ3) is 6.16. The molecule has 0 spiro atoms. The predicted octanol–water partition coefficient (Wildman–Crippen LogP) is 11.2. The minimum absolute atomic E-state index is 0.0180. The zero-order valence-electron chi connectivity index (χ0n) is 29.7. The Labute approximate surface area is 312 Å². The van der Waals surface area contributed by atoms with Crippen LogP contribution in [-0.2, 0) is 12.8 Å². The van der Waals surface area contributed by atoms with Gasteiger partial charge in [-0.1, -0.05) is 172 Å². The fraction of sp³-hybridized carbons (Fsp3) is 0.128. The Morgan fingerprint density at radius 1 is 0.500 bits per heavy atom. The molecule has 1 fully saturated rings. The van der Waals surface area contributed by atoms with Gasteiger partial charge in [0.25, 0.3) is 0 Å². The summed E-state index contributed by atoms with van der Waals surface area (Å²) in [6.45, 7) is 4.36. The molecule has 3 radical (unpaired) electrons. The first-order chi connectivity index (χ1) is 25.7. The highest BCUT2D eigenvalue weighted by molar-refractivity contribution is 7.08. The number of hydrogen-bond acceptors (Lipinski definition) is 3. The second-order valence-electron chi connectivity index (χ2n) is 13.4. The van der Waals surface area contributed by atoms with Gasteiger partial charge in [0.2, 0.25) is 0 Å². The van der Waals surface area contributed by atoms with Gasteiger partial charge >= 0.3 is 6.57 Å². The highest BCUT2D eigenvalue weighted by atomic mass is 28.1. The molecule has 2 atom stereocenters. The Morgan fingerprint density at radius 2 is 0.962 bits per heavy atom. The molecule has 1 aliphatic rings. The van der Waals surface area contributed by atoms with Gasteiger partial charge in [-0.2, -0.15) is 0 Å². The Bertz CT molecular complexity index is 2170. The standard InChI is InChI=1S/C47H41BN3Si/c1-3-34-27-17-28-35(4-2)45(34)51-47(39-25-15-8-16-26-39)46(38-23-13-7-14-24-38)50(48(51)52)43-32-31-40(33-49-43)44-41(36-19-9-5-10-20-36)29-18-30-42(44)37-21-11-6-12-22-37/h5-33,46-47H,3-4H2,1-2H3/t46-,47-/m0/s1. The first kappa shape index (κ1) is 33.5. The normalized spacial score (nSPS) is 15.6. The number of nitrogens with zero attached hydrogens (tertiary/aromatic N) is 3. The van der Waals surface area contributed by atoms with Crippen molar-refractivity contribution in [2.45, 2.75) is 38.8 Å². The summed E-state index contributed by atoms with van der Waals surface area (Å²) in [4.78, 5) is 10.4. The number of para-hydroxylation sites is 1. The van der Waals surface area contributed by atoms with Gasteiger partial charge in [-0.25, -0.2) is 4.98 Å². The topological polar surface area (TPSA) is 19.4 Å². The zero-order chi connectivity index (χ0) is 35.4. The largest absolute Gasteiger partial charge is 0.390 e. The fourth-order valence-corrected chi connectivity index (χ4v) is 8.65. The van der Waals surface area contributed by atoms with Crippen molar-refractivity contribution in [2.24, 2.45) is 0 Å². The minimum Gasteiger partial charge on any atom is -0.390 e. The molecule has 0 aliphatic carbocycles. The molecule has 5 heteroatoms. The number of rotatable bonds is 9. The highest BCUT2D eigenvalue weighted by Gasteiger charge is 2.50. The summed E-state index contributed by atoms with van der Waals surface area (Å²) in [5, 5.41) is 0. The second kappa shape index (κ2) is 14.9. The summed E-state index contributed by atoms with van der Waals surface area (Å²) in [7, 11) is 4.38. The monoisotopic (exact) mass is 686 g/mol. The highest BCUT2D eigenvalue weighted by Crippen LogP contribution is 2.50. The lowest BCUT2D eigenvalue weighted by molar-refractivity contribution is 0.613. The van der Waals surface area contributed by atoms with E-state index in [9.17, 15) is 0 Å². The molecule has 6 aromatic carbocycles. The zero-order valence-corrected chi connectivity index (χ0v) is 30.7. The van der Waals surface area contributed by atoms with Crippen LogP contribution in [0.2, 0.25) is 0 Å². The number of aryl methyl sites for hydroxylation is 2. The molecule has 52 heavy (non-hydrogen) atoms. The van der Waals surface area contributed by atoms with E-state index in [0.29, 0.717) is 0 Å². The van der Waals surface area contributed by atoms with Gasteiger partial charge in [0.15, 0.2) is 0 Å². The van der Waals surface area contributed by atoms with E-state index in [2.05, 4.69) is 210 Å². The van der Waals surface area contributed by atoms with Crippen LogP contribution in [0.3, 0.4) is 0 Å². The van der Waals surface area contributed by atoms with Gasteiger partial charge < -0.3 is 9.62 Å². The number of aromatic nitrogens is 1. The third-order valence-electron chi connectivity index (χ3n) is 10.5. The summed E-state index contributed by atoms with van der Waals surface area (Å²) >= 11 is 0. The van der Waals surface area contributed by atoms with E-state index in [1.807, 2.05) is 0 Å². The molecule has 0 bridgehead atoms. The van der Waals surface area contributed by atoms with Crippen LogP contribution in [0.1, 0.15) is 48.2 Å². The Balaban J connectivity index is 1.31. The quantitative estimate of drug-likeness (QED) is 0.141. The van der Waals surface area contributed by atoms with Crippen molar-refractivity contribution >= 4 is 28.2 Å². The lowest BCUT2D eigenvalue weighted by atomic mass is 9.88. The van der Waals surface area contributed by atoms with Crippen molar-refractivity contribution in [3.05, 3.63) is 198 Å². The first-order valence-corrected chi connectivity index (χ1v) is 18.9. The van der Waals surface area contributed by atoms with Crippen molar-refractivity contribution < 1.29 is 0 Å². The van der Waals surface area contributed by atoms with Gasteiger partial charge in [-0.05, 0) is 75.0 Å². The van der Waals surface area contributed by atoms with E-state index in [-0.39, 0.29) is 18.7 Å². The lowest BCUT2D eigenvalue weighted by Crippen LogP contribution is -2.46. The molecule has 1 aliphatic heterocycles. The number of hydrogen-bond donors (Lipinski definition) is 0. The molecule has 251 valence electrons. The summed E-state index contributed by atoms with van der Waals surface area (Å²) in [6, 6.07) is 61.2. The molecule has 7 aromatic rings. The van der Waals surface area contributed by atoms with E-state index in [1.165, 1.54) is 55.8 Å². The Hall–Kier alpha value is -5.65. The van der Waals surface area contributed by atoms with Crippen LogP contribution in [0.25, 0.3) is 33.4 Å². The summed E-state index contributed by atoms with van der Waals surface area (Å²) < 4.78 is 0. The lowest BCUT2D eigenvalue weighted by Gasteiger charge is -2.34. The molecule has 2 heterocycles. The minimum atomic E-state index is -0.164. The second-order valence-corrected chi connectivity index (χ2v) is 13.9. The maximum Gasteiger partial charge on any atom is 0.347 e. The van der Waals surface area contributed by atoms with Gasteiger partial charge in [-0.3, -0.25) is 0 Å². The Kier molecular flexibility index (Phi) is 9.60. The molecule has 0 unspecified atom stereocenters. The molecule has 0 saturated carbocycles. The number of benzene rings is 6. The van der Waals surface area contributed by atoms with Crippen molar-refractivity contribution in [2.75, 3.05) is 9.62 Å². The van der Waals surface area contributed by atoms with E-state index < -0.39 is 0 Å². The van der Waals surface area contributed by atoms with Crippen LogP contribution < -0.4 is 9.62 Å². The maximum absolute atomic E-state index is 5.34. The van der Waals surface area contributed by atoms with Crippen LogP contribution >= 0.6 is 0 Å². The Morgan fingerprint density at radius 3 is 1.42 bits per heavy atom. The number of pyridine rings is 1. The van der Waals surface area contributed by atoms with Crippen LogP contribution in [0.5, 0.6) is 0 Å². The summed E-state index contributed by atoms with van der Waals surface area (Å²) in [6.07, 6.45) is 3.98. The van der Waals surface area contributed by atoms with Crippen molar-refractivity contribution in [3.8, 4) is 33.4 Å². The average Bonchev–Trinajstić information content (AvgIpc) is 3.53. The molecule has 0 N–H and O–H groups in total. The number of anilines is 2. The van der Waals surface area contributed by atoms with Crippen LogP contribution in [0.4, 0.5) is 11.5 Å².